The number of nitrogens with one attached hydrogen (secondary N) is 1. The fourth-order valence-corrected chi connectivity index (χ4v) is 1.88. The normalized spacial score (nSPS) is 22.3. The van der Waals surface area contributed by atoms with Crippen LogP contribution in [-0.4, -0.2) is 18.0 Å². The highest BCUT2D eigenvalue weighted by Gasteiger charge is 2.43. The van der Waals surface area contributed by atoms with E-state index in [2.05, 4.69) is 11.9 Å². The third-order valence-electron chi connectivity index (χ3n) is 2.51. The minimum absolute atomic E-state index is 0.329. The number of β-lactam (4-membered cyclic amide) rings is 1. The van der Waals surface area contributed by atoms with Crippen LogP contribution in [0.15, 0.2) is 36.9 Å². The molecule has 1 N–H and O–H groups in total. The molecule has 1 saturated heterocycles. The second-order valence-corrected chi connectivity index (χ2v) is 3.98. The molecule has 4 nitrogen and oxygen atoms in total. The molecule has 0 aliphatic carbocycles. The van der Waals surface area contributed by atoms with Crippen LogP contribution in [0, 0.1) is 0 Å². The Morgan fingerprint density at radius 3 is 2.76 bits per heavy atom. The van der Waals surface area contributed by atoms with E-state index in [0.29, 0.717) is 5.02 Å². The Labute approximate surface area is 103 Å². The summed E-state index contributed by atoms with van der Waals surface area (Å²) in [4.78, 5) is 22.4. The van der Waals surface area contributed by atoms with Gasteiger partial charge in [-0.05, 0) is 11.6 Å². The van der Waals surface area contributed by atoms with E-state index in [1.807, 2.05) is 0 Å². The van der Waals surface area contributed by atoms with Gasteiger partial charge >= 0.3 is 5.97 Å². The van der Waals surface area contributed by atoms with E-state index in [0.717, 1.165) is 11.6 Å². The predicted molar refractivity (Wildman–Crippen MR) is 62.4 cm³/mol. The van der Waals surface area contributed by atoms with Crippen LogP contribution in [0.4, 0.5) is 0 Å². The van der Waals surface area contributed by atoms with Crippen molar-refractivity contribution in [2.45, 2.75) is 12.1 Å². The molecule has 88 valence electrons. The van der Waals surface area contributed by atoms with Crippen molar-refractivity contribution in [2.24, 2.45) is 0 Å². The summed E-state index contributed by atoms with van der Waals surface area (Å²) in [5, 5.41) is 3.17. The summed E-state index contributed by atoms with van der Waals surface area (Å²) in [5.74, 6) is -0.952. The summed E-state index contributed by atoms with van der Waals surface area (Å²) in [6, 6.07) is 6.70. The van der Waals surface area contributed by atoms with Gasteiger partial charge in [0.15, 0.2) is 0 Å². The zero-order valence-corrected chi connectivity index (χ0v) is 9.61. The zero-order chi connectivity index (χ0) is 12.4. The smallest absolute Gasteiger partial charge is 0.331 e. The summed E-state index contributed by atoms with van der Waals surface area (Å²) in [7, 11) is 0. The molecule has 1 aliphatic rings. The van der Waals surface area contributed by atoms with Crippen LogP contribution in [-0.2, 0) is 14.3 Å². The molecule has 1 aromatic rings. The Morgan fingerprint density at radius 1 is 1.47 bits per heavy atom. The van der Waals surface area contributed by atoms with Crippen molar-refractivity contribution in [2.75, 3.05) is 0 Å². The summed E-state index contributed by atoms with van der Waals surface area (Å²) in [5.41, 5.74) is 0.732. The van der Waals surface area contributed by atoms with Crippen LogP contribution in [0.25, 0.3) is 0 Å². The zero-order valence-electron chi connectivity index (χ0n) is 8.85. The second-order valence-electron chi connectivity index (χ2n) is 3.57. The topological polar surface area (TPSA) is 55.4 Å². The van der Waals surface area contributed by atoms with Crippen molar-refractivity contribution in [3.8, 4) is 0 Å². The molecule has 5 heteroatoms. The number of ether oxygens (including phenoxy) is 1. The van der Waals surface area contributed by atoms with Gasteiger partial charge in [-0.2, -0.15) is 0 Å². The quantitative estimate of drug-likeness (QED) is 0.504. The Kier molecular flexibility index (Phi) is 3.15. The highest BCUT2D eigenvalue weighted by Crippen LogP contribution is 2.31. The molecule has 2 atom stereocenters. The maximum Gasteiger partial charge on any atom is 0.331 e. The first-order valence-corrected chi connectivity index (χ1v) is 5.39. The molecule has 1 fully saturated rings. The lowest BCUT2D eigenvalue weighted by Gasteiger charge is -2.36. The van der Waals surface area contributed by atoms with Gasteiger partial charge in [-0.25, -0.2) is 4.79 Å². The number of halogens is 1. The van der Waals surface area contributed by atoms with E-state index in [-0.39, 0.29) is 11.9 Å². The Balaban J connectivity index is 2.18. The molecule has 0 bridgehead atoms. The van der Waals surface area contributed by atoms with E-state index in [4.69, 9.17) is 16.3 Å². The summed E-state index contributed by atoms with van der Waals surface area (Å²) in [6.07, 6.45) is 0.190. The Bertz CT molecular complexity index is 486. The molecule has 2 rings (SSSR count). The number of hydrogen-bond acceptors (Lipinski definition) is 3. The number of amides is 1. The fraction of sp³-hybridized carbons (Fsp3) is 0.167. The summed E-state index contributed by atoms with van der Waals surface area (Å²) in [6.45, 7) is 3.28. The van der Waals surface area contributed by atoms with Crippen molar-refractivity contribution >= 4 is 23.5 Å². The van der Waals surface area contributed by atoms with Crippen LogP contribution in [0.2, 0.25) is 5.02 Å². The molecular formula is C12H10ClNO3. The van der Waals surface area contributed by atoms with Crippen LogP contribution in [0.1, 0.15) is 11.6 Å². The van der Waals surface area contributed by atoms with Crippen molar-refractivity contribution in [1.29, 1.82) is 0 Å². The predicted octanol–water partition coefficient (Wildman–Crippen LogP) is 1.61. The average Bonchev–Trinajstić information content (AvgIpc) is 2.34. The van der Waals surface area contributed by atoms with Crippen molar-refractivity contribution in [3.63, 3.8) is 0 Å². The van der Waals surface area contributed by atoms with Gasteiger partial charge in [0, 0.05) is 11.1 Å². The third kappa shape index (κ3) is 2.17. The second kappa shape index (κ2) is 4.59. The third-order valence-corrected chi connectivity index (χ3v) is 2.85. The number of esters is 1. The van der Waals surface area contributed by atoms with Gasteiger partial charge in [0.05, 0.1) is 0 Å². The van der Waals surface area contributed by atoms with Crippen LogP contribution < -0.4 is 5.32 Å². The Hall–Kier alpha value is -1.81. The molecule has 1 aromatic carbocycles. The molecule has 0 saturated carbocycles. The molecule has 1 aliphatic heterocycles. The molecule has 0 aromatic heterocycles. The maximum absolute atomic E-state index is 11.3. The van der Waals surface area contributed by atoms with Gasteiger partial charge in [0.2, 0.25) is 6.10 Å². The fourth-order valence-electron chi connectivity index (χ4n) is 1.63. The minimum atomic E-state index is -0.833. The van der Waals surface area contributed by atoms with Gasteiger partial charge in [-0.3, -0.25) is 4.79 Å². The average molecular weight is 252 g/mol. The lowest BCUT2D eigenvalue weighted by atomic mass is 9.94. The number of carbonyl (C=O) groups excluding carboxylic acids is 2. The van der Waals surface area contributed by atoms with Gasteiger partial charge in [0.25, 0.3) is 5.91 Å². The van der Waals surface area contributed by atoms with E-state index in [9.17, 15) is 9.59 Å². The van der Waals surface area contributed by atoms with E-state index >= 15 is 0 Å². The molecule has 2 unspecified atom stereocenters. The van der Waals surface area contributed by atoms with Crippen LogP contribution in [0.5, 0.6) is 0 Å². The van der Waals surface area contributed by atoms with E-state index in [1.165, 1.54) is 0 Å². The van der Waals surface area contributed by atoms with Crippen LogP contribution >= 0.6 is 11.6 Å². The lowest BCUT2D eigenvalue weighted by Crippen LogP contribution is -2.57. The SMILES string of the molecule is C=CC(=O)OC1C(=O)NC1c1ccccc1Cl. The molecular weight excluding hydrogens is 242 g/mol. The largest absolute Gasteiger partial charge is 0.446 e. The minimum Gasteiger partial charge on any atom is -0.446 e. The first-order chi connectivity index (χ1) is 8.13. The maximum atomic E-state index is 11.3. The Morgan fingerprint density at radius 2 is 2.18 bits per heavy atom. The van der Waals surface area contributed by atoms with Crippen molar-refractivity contribution in [1.82, 2.24) is 5.32 Å². The number of carbonyl (C=O) groups is 2. The summed E-state index contributed by atoms with van der Waals surface area (Å²) >= 11 is 6.00. The van der Waals surface area contributed by atoms with Crippen molar-refractivity contribution < 1.29 is 14.3 Å². The molecule has 0 spiro atoms. The number of rotatable bonds is 3. The standard InChI is InChI=1S/C12H10ClNO3/c1-2-9(15)17-11-10(14-12(11)16)7-5-3-4-6-8(7)13/h2-6,10-11H,1H2,(H,14,16). The van der Waals surface area contributed by atoms with Gasteiger partial charge in [0.1, 0.15) is 6.04 Å². The lowest BCUT2D eigenvalue weighted by molar-refractivity contribution is -0.162. The van der Waals surface area contributed by atoms with E-state index in [1.54, 1.807) is 24.3 Å². The molecule has 1 heterocycles. The van der Waals surface area contributed by atoms with Crippen LogP contribution in [0.3, 0.4) is 0 Å². The molecule has 17 heavy (non-hydrogen) atoms. The monoisotopic (exact) mass is 251 g/mol. The first-order valence-electron chi connectivity index (χ1n) is 5.01. The van der Waals surface area contributed by atoms with E-state index < -0.39 is 12.1 Å². The van der Waals surface area contributed by atoms with Gasteiger partial charge in [-0.1, -0.05) is 36.4 Å². The molecule has 1 amide bonds. The highest BCUT2D eigenvalue weighted by molar-refractivity contribution is 6.31. The summed E-state index contributed by atoms with van der Waals surface area (Å²) < 4.78 is 4.94. The first kappa shape index (κ1) is 11.7. The highest BCUT2D eigenvalue weighted by atomic mass is 35.5. The van der Waals surface area contributed by atoms with Gasteiger partial charge in [-0.15, -0.1) is 0 Å². The number of benzene rings is 1. The van der Waals surface area contributed by atoms with Gasteiger partial charge < -0.3 is 10.1 Å². The van der Waals surface area contributed by atoms with Crippen molar-refractivity contribution in [3.05, 3.63) is 47.5 Å². The number of hydrogen-bond donors (Lipinski definition) is 1. The molecule has 0 radical (unpaired) electrons.